The van der Waals surface area contributed by atoms with E-state index in [1.54, 1.807) is 47.4 Å². The fourth-order valence-corrected chi connectivity index (χ4v) is 5.07. The van der Waals surface area contributed by atoms with Gasteiger partial charge in [0.05, 0.1) is 27.0 Å². The first-order valence-electron chi connectivity index (χ1n) is 11.7. The summed E-state index contributed by atoms with van der Waals surface area (Å²) in [6.45, 7) is 3.56. The Morgan fingerprint density at radius 3 is 2.58 bits per heavy atom. The molecule has 0 aliphatic carbocycles. The average molecular weight is 546 g/mol. The molecule has 2 aromatic heterocycles. The van der Waals surface area contributed by atoms with E-state index < -0.39 is 22.1 Å². The number of fused-ring (bicyclic) bond motifs is 1. The number of hydrogen-bond acceptors (Lipinski definition) is 8. The first-order chi connectivity index (χ1) is 18.1. The highest BCUT2D eigenvalue weighted by molar-refractivity contribution is 7.92. The minimum atomic E-state index is -4.07. The fraction of sp³-hybridized carbons (Fsp3) is 0.320. The molecule has 0 fully saturated rings. The first-order valence-corrected chi connectivity index (χ1v) is 13.2. The number of rotatable bonds is 11. The van der Waals surface area contributed by atoms with Crippen LogP contribution in [0, 0.1) is 0 Å². The highest BCUT2D eigenvalue weighted by Gasteiger charge is 2.25. The molecule has 0 bridgehead atoms. The van der Waals surface area contributed by atoms with Gasteiger partial charge in [-0.25, -0.2) is 12.8 Å². The Hall–Kier alpha value is -4.13. The van der Waals surface area contributed by atoms with Crippen LogP contribution in [0.3, 0.4) is 0 Å². The second kappa shape index (κ2) is 11.1. The SMILES string of the molecule is CCc1ccc(OC)c(S(=O)(=O)Nc2noc3cc(Cn4cc(CNC(=O)C(C)F)cn4)cc(OC)c23)c1. The van der Waals surface area contributed by atoms with Crippen molar-refractivity contribution < 1.29 is 31.6 Å². The summed E-state index contributed by atoms with van der Waals surface area (Å²) in [7, 11) is -1.21. The number of alkyl halides is 1. The number of aryl methyl sites for hydroxylation is 1. The van der Waals surface area contributed by atoms with Gasteiger partial charge in [0, 0.05) is 18.3 Å². The molecule has 13 heteroatoms. The number of ether oxygens (including phenoxy) is 2. The van der Waals surface area contributed by atoms with Crippen LogP contribution in [0.25, 0.3) is 11.0 Å². The van der Waals surface area contributed by atoms with Gasteiger partial charge >= 0.3 is 0 Å². The van der Waals surface area contributed by atoms with E-state index >= 15 is 0 Å². The van der Waals surface area contributed by atoms with Gasteiger partial charge < -0.3 is 19.3 Å². The van der Waals surface area contributed by atoms with Crippen molar-refractivity contribution in [2.24, 2.45) is 0 Å². The second-order valence-electron chi connectivity index (χ2n) is 8.53. The van der Waals surface area contributed by atoms with Gasteiger partial charge in [0.15, 0.2) is 17.6 Å². The van der Waals surface area contributed by atoms with E-state index in [0.717, 1.165) is 11.1 Å². The van der Waals surface area contributed by atoms with Gasteiger partial charge in [0.2, 0.25) is 0 Å². The number of sulfonamides is 1. The normalized spacial score (nSPS) is 12.3. The zero-order chi connectivity index (χ0) is 27.4. The van der Waals surface area contributed by atoms with Crippen LogP contribution in [0.5, 0.6) is 11.5 Å². The molecule has 38 heavy (non-hydrogen) atoms. The summed E-state index contributed by atoms with van der Waals surface area (Å²) < 4.78 is 59.9. The number of methoxy groups -OCH3 is 2. The molecule has 2 aromatic carbocycles. The second-order valence-corrected chi connectivity index (χ2v) is 10.2. The van der Waals surface area contributed by atoms with Gasteiger partial charge in [-0.3, -0.25) is 14.2 Å². The summed E-state index contributed by atoms with van der Waals surface area (Å²) in [6, 6.07) is 8.40. The largest absolute Gasteiger partial charge is 0.496 e. The molecule has 0 aliphatic rings. The average Bonchev–Trinajstić information content (AvgIpc) is 3.52. The third-order valence-electron chi connectivity index (χ3n) is 5.83. The molecule has 4 rings (SSSR count). The van der Waals surface area contributed by atoms with E-state index in [1.165, 1.54) is 21.1 Å². The highest BCUT2D eigenvalue weighted by atomic mass is 32.2. The van der Waals surface area contributed by atoms with Crippen LogP contribution in [-0.4, -0.2) is 49.7 Å². The minimum Gasteiger partial charge on any atom is -0.496 e. The third-order valence-corrected chi connectivity index (χ3v) is 7.19. The number of amides is 1. The smallest absolute Gasteiger partial charge is 0.266 e. The highest BCUT2D eigenvalue weighted by Crippen LogP contribution is 2.36. The summed E-state index contributed by atoms with van der Waals surface area (Å²) in [5, 5.41) is 11.1. The van der Waals surface area contributed by atoms with Crippen LogP contribution in [0.1, 0.15) is 30.5 Å². The summed E-state index contributed by atoms with van der Waals surface area (Å²) in [4.78, 5) is 11.4. The van der Waals surface area contributed by atoms with Crippen molar-refractivity contribution >= 4 is 32.7 Å². The van der Waals surface area contributed by atoms with Gasteiger partial charge in [0.1, 0.15) is 21.8 Å². The molecule has 0 saturated carbocycles. The third kappa shape index (κ3) is 5.72. The lowest BCUT2D eigenvalue weighted by Crippen LogP contribution is -2.29. The number of nitrogens with zero attached hydrogens (tertiary/aromatic N) is 3. The quantitative estimate of drug-likeness (QED) is 0.292. The number of halogens is 1. The van der Waals surface area contributed by atoms with Gasteiger partial charge in [-0.05, 0) is 48.7 Å². The van der Waals surface area contributed by atoms with E-state index in [2.05, 4.69) is 20.3 Å². The predicted octanol–water partition coefficient (Wildman–Crippen LogP) is 3.43. The number of hydrogen-bond donors (Lipinski definition) is 2. The van der Waals surface area contributed by atoms with Crippen molar-refractivity contribution in [2.75, 3.05) is 18.9 Å². The number of nitrogens with one attached hydrogen (secondary N) is 2. The topological polar surface area (TPSA) is 138 Å². The van der Waals surface area contributed by atoms with E-state index in [4.69, 9.17) is 14.0 Å². The molecule has 202 valence electrons. The molecule has 0 spiro atoms. The van der Waals surface area contributed by atoms with E-state index in [1.807, 2.05) is 6.92 Å². The summed E-state index contributed by atoms with van der Waals surface area (Å²) in [5.41, 5.74) is 2.58. The van der Waals surface area contributed by atoms with Crippen molar-refractivity contribution in [1.29, 1.82) is 0 Å². The van der Waals surface area contributed by atoms with Gasteiger partial charge in [-0.1, -0.05) is 18.1 Å². The number of anilines is 1. The molecule has 0 aliphatic heterocycles. The molecule has 1 amide bonds. The Morgan fingerprint density at radius 2 is 1.89 bits per heavy atom. The Balaban J connectivity index is 1.58. The minimum absolute atomic E-state index is 0.0160. The maximum Gasteiger partial charge on any atom is 0.266 e. The maximum atomic E-state index is 13.3. The van der Waals surface area contributed by atoms with E-state index in [-0.39, 0.29) is 23.0 Å². The molecule has 4 aromatic rings. The number of carbonyl (C=O) groups is 1. The zero-order valence-corrected chi connectivity index (χ0v) is 22.1. The van der Waals surface area contributed by atoms with Crippen molar-refractivity contribution in [3.8, 4) is 11.5 Å². The Bertz CT molecular complexity index is 1560. The van der Waals surface area contributed by atoms with E-state index in [0.29, 0.717) is 35.2 Å². The summed E-state index contributed by atoms with van der Waals surface area (Å²) >= 11 is 0. The predicted molar refractivity (Wildman–Crippen MR) is 137 cm³/mol. The van der Waals surface area contributed by atoms with Crippen LogP contribution in [-0.2, 0) is 34.3 Å². The molecule has 2 N–H and O–H groups in total. The van der Waals surface area contributed by atoms with Crippen molar-refractivity contribution in [1.82, 2.24) is 20.3 Å². The fourth-order valence-electron chi connectivity index (χ4n) is 3.85. The lowest BCUT2D eigenvalue weighted by Gasteiger charge is -2.12. The molecule has 0 saturated heterocycles. The Kier molecular flexibility index (Phi) is 7.86. The molecule has 0 radical (unpaired) electrons. The Morgan fingerprint density at radius 1 is 1.13 bits per heavy atom. The molecule has 11 nitrogen and oxygen atoms in total. The summed E-state index contributed by atoms with van der Waals surface area (Å²) in [5.74, 6) is -0.163. The lowest BCUT2D eigenvalue weighted by molar-refractivity contribution is -0.125. The van der Waals surface area contributed by atoms with Crippen molar-refractivity contribution in [2.45, 2.75) is 44.4 Å². The molecule has 1 unspecified atom stereocenters. The monoisotopic (exact) mass is 545 g/mol. The van der Waals surface area contributed by atoms with Gasteiger partial charge in [-0.15, -0.1) is 0 Å². The van der Waals surface area contributed by atoms with Crippen molar-refractivity contribution in [3.63, 3.8) is 0 Å². The zero-order valence-electron chi connectivity index (χ0n) is 21.3. The maximum absolute atomic E-state index is 13.3. The van der Waals surface area contributed by atoms with E-state index in [9.17, 15) is 17.6 Å². The van der Waals surface area contributed by atoms with Crippen LogP contribution >= 0.6 is 0 Å². The number of carbonyl (C=O) groups excluding carboxylic acids is 1. The number of aromatic nitrogens is 3. The summed E-state index contributed by atoms with van der Waals surface area (Å²) in [6.07, 6.45) is 2.35. The number of benzene rings is 2. The van der Waals surface area contributed by atoms with Crippen LogP contribution in [0.15, 0.2) is 52.1 Å². The van der Waals surface area contributed by atoms with Crippen LogP contribution in [0.4, 0.5) is 10.2 Å². The van der Waals surface area contributed by atoms with Crippen LogP contribution < -0.4 is 19.5 Å². The molecule has 1 atom stereocenters. The Labute approximate surface area is 218 Å². The molecule has 2 heterocycles. The molecular formula is C25H28FN5O6S. The first kappa shape index (κ1) is 26.9. The standard InChI is InChI=1S/C25H28FN5O6S/c1-5-16-6-7-19(35-3)22(10-16)38(33,34)30-24-23-20(36-4)8-17(9-21(23)37-29-24)13-31-14-18(12-28-31)11-27-25(32)15(2)26/h6-10,12,14-15H,5,11,13H2,1-4H3,(H,27,32)(H,29,30). The molecular weight excluding hydrogens is 517 g/mol. The van der Waals surface area contributed by atoms with Gasteiger partial charge in [0.25, 0.3) is 15.9 Å². The lowest BCUT2D eigenvalue weighted by atomic mass is 10.1. The van der Waals surface area contributed by atoms with Crippen molar-refractivity contribution in [3.05, 3.63) is 59.4 Å². The van der Waals surface area contributed by atoms with Crippen LogP contribution in [0.2, 0.25) is 0 Å². The van der Waals surface area contributed by atoms with Gasteiger partial charge in [-0.2, -0.15) is 5.10 Å².